The van der Waals surface area contributed by atoms with E-state index in [1.807, 2.05) is 21.0 Å². The SMILES string of the molecule is CCN(C(=O)NCC(C)(C)CN(C)C)C(=O)[C@@H]1C[C@@H]2CC3(CC[C@H]2N(CCF)C1)OCCO3. The predicted octanol–water partition coefficient (Wildman–Crippen LogP) is 2.34. The molecule has 0 aromatic rings. The Bertz CT molecular complexity index is 683. The summed E-state index contributed by atoms with van der Waals surface area (Å²) in [4.78, 5) is 32.0. The summed E-state index contributed by atoms with van der Waals surface area (Å²) >= 11 is 0. The molecular formula is C24H43FN4O4. The van der Waals surface area contributed by atoms with Crippen LogP contribution in [0.4, 0.5) is 9.18 Å². The smallest absolute Gasteiger partial charge is 0.324 e. The van der Waals surface area contributed by atoms with Gasteiger partial charge in [0.15, 0.2) is 5.79 Å². The zero-order valence-corrected chi connectivity index (χ0v) is 21.1. The molecule has 0 aromatic heterocycles. The summed E-state index contributed by atoms with van der Waals surface area (Å²) in [7, 11) is 4.00. The molecular weight excluding hydrogens is 427 g/mol. The van der Waals surface area contributed by atoms with Gasteiger partial charge in [0.05, 0.1) is 19.1 Å². The Balaban J connectivity index is 1.66. The topological polar surface area (TPSA) is 74.4 Å². The van der Waals surface area contributed by atoms with Crippen LogP contribution in [0.15, 0.2) is 0 Å². The minimum absolute atomic E-state index is 0.116. The Morgan fingerprint density at radius 2 is 1.94 bits per heavy atom. The first kappa shape index (κ1) is 26.3. The molecule has 9 heteroatoms. The lowest BCUT2D eigenvalue weighted by atomic mass is 9.72. The number of ether oxygens (including phenoxy) is 2. The van der Waals surface area contributed by atoms with E-state index in [0.717, 1.165) is 25.8 Å². The number of nitrogens with zero attached hydrogens (tertiary/aromatic N) is 3. The third-order valence-electron chi connectivity index (χ3n) is 7.27. The second-order valence-corrected chi connectivity index (χ2v) is 10.9. The van der Waals surface area contributed by atoms with Crippen LogP contribution in [0.3, 0.4) is 0 Å². The molecule has 2 heterocycles. The molecule has 1 spiro atoms. The summed E-state index contributed by atoms with van der Waals surface area (Å²) in [5, 5.41) is 2.96. The Morgan fingerprint density at radius 3 is 2.55 bits per heavy atom. The van der Waals surface area contributed by atoms with Crippen molar-refractivity contribution >= 4 is 11.9 Å². The lowest BCUT2D eigenvalue weighted by Gasteiger charge is -2.50. The first-order valence-electron chi connectivity index (χ1n) is 12.4. The van der Waals surface area contributed by atoms with Crippen molar-refractivity contribution < 1.29 is 23.5 Å². The lowest BCUT2D eigenvalue weighted by molar-refractivity contribution is -0.204. The Kier molecular flexibility index (Phi) is 8.75. The molecule has 190 valence electrons. The van der Waals surface area contributed by atoms with Gasteiger partial charge in [0.1, 0.15) is 6.67 Å². The van der Waals surface area contributed by atoms with Crippen LogP contribution in [-0.4, -0.2) is 105 Å². The van der Waals surface area contributed by atoms with Gasteiger partial charge in [0, 0.05) is 51.6 Å². The van der Waals surface area contributed by atoms with Crippen molar-refractivity contribution in [2.24, 2.45) is 17.3 Å². The number of imide groups is 1. The van der Waals surface area contributed by atoms with Crippen molar-refractivity contribution in [2.45, 2.75) is 58.3 Å². The molecule has 0 radical (unpaired) electrons. The van der Waals surface area contributed by atoms with E-state index in [9.17, 15) is 14.0 Å². The molecule has 1 N–H and O–H groups in total. The van der Waals surface area contributed by atoms with Crippen molar-refractivity contribution in [1.29, 1.82) is 0 Å². The number of likely N-dealkylation sites (tertiary alicyclic amines) is 1. The minimum Gasteiger partial charge on any atom is -0.348 e. The van der Waals surface area contributed by atoms with E-state index in [-0.39, 0.29) is 35.2 Å². The van der Waals surface area contributed by atoms with Gasteiger partial charge in [-0.25, -0.2) is 9.18 Å². The standard InChI is InChI=1S/C24H43FN4O4/c1-6-29(22(31)26-16-23(2,3)17-27(4)5)21(30)19-13-18-14-24(32-11-12-33-24)8-7-20(18)28(15-19)10-9-25/h18-20H,6-17H2,1-5H3,(H,26,31)/t18-,19-,20-/m1/s1. The zero-order chi connectivity index (χ0) is 24.2. The van der Waals surface area contributed by atoms with Gasteiger partial charge in [-0.05, 0) is 45.2 Å². The highest BCUT2D eigenvalue weighted by atomic mass is 19.1. The van der Waals surface area contributed by atoms with Crippen LogP contribution in [0.2, 0.25) is 0 Å². The fourth-order valence-corrected chi connectivity index (χ4v) is 6.07. The fourth-order valence-electron chi connectivity index (χ4n) is 6.07. The normalized spacial score (nSPS) is 27.5. The predicted molar refractivity (Wildman–Crippen MR) is 125 cm³/mol. The van der Waals surface area contributed by atoms with E-state index >= 15 is 0 Å². The van der Waals surface area contributed by atoms with Crippen molar-refractivity contribution in [2.75, 3.05) is 66.7 Å². The van der Waals surface area contributed by atoms with Crippen LogP contribution >= 0.6 is 0 Å². The maximum Gasteiger partial charge on any atom is 0.324 e. The lowest BCUT2D eigenvalue weighted by Crippen LogP contribution is -2.58. The highest BCUT2D eigenvalue weighted by Gasteiger charge is 2.50. The Morgan fingerprint density at radius 1 is 1.24 bits per heavy atom. The van der Waals surface area contributed by atoms with Gasteiger partial charge in [-0.15, -0.1) is 0 Å². The molecule has 3 amide bonds. The number of carbonyl (C=O) groups is 2. The van der Waals surface area contributed by atoms with E-state index in [1.54, 1.807) is 0 Å². The summed E-state index contributed by atoms with van der Waals surface area (Å²) in [6.45, 7) is 9.18. The van der Waals surface area contributed by atoms with Crippen molar-refractivity contribution in [1.82, 2.24) is 20.0 Å². The molecule has 3 rings (SSSR count). The summed E-state index contributed by atoms with van der Waals surface area (Å²) in [5.41, 5.74) is -0.116. The average molecular weight is 471 g/mol. The molecule has 0 aromatic carbocycles. The number of piperidine rings is 1. The third kappa shape index (κ3) is 6.44. The summed E-state index contributed by atoms with van der Waals surface area (Å²) in [6.07, 6.45) is 3.09. The Labute approximate surface area is 198 Å². The summed E-state index contributed by atoms with van der Waals surface area (Å²) < 4.78 is 25.2. The van der Waals surface area contributed by atoms with Crippen molar-refractivity contribution in [3.63, 3.8) is 0 Å². The van der Waals surface area contributed by atoms with Gasteiger partial charge < -0.3 is 19.7 Å². The average Bonchev–Trinajstić information content (AvgIpc) is 3.19. The number of hydrogen-bond donors (Lipinski definition) is 1. The molecule has 0 unspecified atom stereocenters. The van der Waals surface area contributed by atoms with Gasteiger partial charge in [0.25, 0.3) is 0 Å². The van der Waals surface area contributed by atoms with Crippen LogP contribution in [-0.2, 0) is 14.3 Å². The molecule has 2 saturated heterocycles. The molecule has 3 atom stereocenters. The first-order valence-corrected chi connectivity index (χ1v) is 12.4. The van der Waals surface area contributed by atoms with E-state index in [1.165, 1.54) is 4.90 Å². The number of rotatable bonds is 8. The van der Waals surface area contributed by atoms with Gasteiger partial charge in [-0.3, -0.25) is 14.6 Å². The number of carbonyl (C=O) groups excluding carboxylic acids is 2. The number of hydrogen-bond acceptors (Lipinski definition) is 6. The number of halogens is 1. The maximum atomic E-state index is 13.5. The fraction of sp³-hybridized carbons (Fsp3) is 0.917. The largest absolute Gasteiger partial charge is 0.348 e. The van der Waals surface area contributed by atoms with E-state index < -0.39 is 12.5 Å². The number of urea groups is 1. The van der Waals surface area contributed by atoms with Gasteiger partial charge in [0.2, 0.25) is 5.91 Å². The number of fused-ring (bicyclic) bond motifs is 1. The minimum atomic E-state index is -0.548. The van der Waals surface area contributed by atoms with Gasteiger partial charge in [-0.2, -0.15) is 0 Å². The monoisotopic (exact) mass is 470 g/mol. The third-order valence-corrected chi connectivity index (χ3v) is 7.27. The van der Waals surface area contributed by atoms with Crippen LogP contribution in [0, 0.1) is 17.3 Å². The number of nitrogens with one attached hydrogen (secondary N) is 1. The van der Waals surface area contributed by atoms with E-state index in [2.05, 4.69) is 29.0 Å². The number of amides is 3. The molecule has 0 bridgehead atoms. The maximum absolute atomic E-state index is 13.5. The second kappa shape index (κ2) is 11.0. The van der Waals surface area contributed by atoms with E-state index in [4.69, 9.17) is 9.47 Å². The van der Waals surface area contributed by atoms with Gasteiger partial charge in [-0.1, -0.05) is 13.8 Å². The molecule has 3 fully saturated rings. The molecule has 1 saturated carbocycles. The van der Waals surface area contributed by atoms with Crippen LogP contribution in [0.5, 0.6) is 0 Å². The summed E-state index contributed by atoms with van der Waals surface area (Å²) in [6, 6.07) is -0.116. The van der Waals surface area contributed by atoms with Crippen molar-refractivity contribution in [3.05, 3.63) is 0 Å². The Hall–Kier alpha value is -1.29. The molecule has 3 aliphatic rings. The second-order valence-electron chi connectivity index (χ2n) is 10.9. The van der Waals surface area contributed by atoms with E-state index in [0.29, 0.717) is 45.8 Å². The molecule has 8 nitrogen and oxygen atoms in total. The van der Waals surface area contributed by atoms with Crippen LogP contribution < -0.4 is 5.32 Å². The zero-order valence-electron chi connectivity index (χ0n) is 21.1. The quantitative estimate of drug-likeness (QED) is 0.587. The molecule has 1 aliphatic carbocycles. The van der Waals surface area contributed by atoms with Crippen LogP contribution in [0.25, 0.3) is 0 Å². The molecule has 2 aliphatic heterocycles. The number of alkyl halides is 1. The van der Waals surface area contributed by atoms with Crippen LogP contribution in [0.1, 0.15) is 46.5 Å². The highest BCUT2D eigenvalue weighted by molar-refractivity contribution is 5.95. The van der Waals surface area contributed by atoms with Crippen molar-refractivity contribution in [3.8, 4) is 0 Å². The summed E-state index contributed by atoms with van der Waals surface area (Å²) in [5.74, 6) is -0.870. The van der Waals surface area contributed by atoms with Gasteiger partial charge >= 0.3 is 6.03 Å². The first-order chi connectivity index (χ1) is 15.6. The highest BCUT2D eigenvalue weighted by Crippen LogP contribution is 2.45. The molecule has 33 heavy (non-hydrogen) atoms.